The van der Waals surface area contributed by atoms with Gasteiger partial charge >= 0.3 is 0 Å². The molecule has 4 N–H and O–H groups in total. The molecule has 0 aliphatic carbocycles. The van der Waals surface area contributed by atoms with Gasteiger partial charge in [-0.2, -0.15) is 0 Å². The Morgan fingerprint density at radius 2 is 2.24 bits per heavy atom. The number of halogens is 1. The third-order valence-electron chi connectivity index (χ3n) is 3.70. The van der Waals surface area contributed by atoms with Gasteiger partial charge in [0.05, 0.1) is 31.0 Å². The van der Waals surface area contributed by atoms with Crippen LogP contribution in [0.4, 0.5) is 0 Å². The van der Waals surface area contributed by atoms with Gasteiger partial charge in [-0.05, 0) is 11.6 Å². The highest BCUT2D eigenvalue weighted by Gasteiger charge is 2.26. The van der Waals surface area contributed by atoms with Crippen LogP contribution in [0.3, 0.4) is 0 Å². The molecule has 0 bridgehead atoms. The van der Waals surface area contributed by atoms with E-state index < -0.39 is 10.0 Å². The number of benzene rings is 1. The average Bonchev–Trinajstić information content (AvgIpc) is 2.87. The largest absolute Gasteiger partial charge is 1.00 e. The van der Waals surface area contributed by atoms with E-state index in [1.165, 1.54) is 0 Å². The van der Waals surface area contributed by atoms with Crippen molar-refractivity contribution in [1.29, 1.82) is 0 Å². The lowest BCUT2D eigenvalue weighted by molar-refractivity contribution is -0.638. The molecule has 1 aromatic rings. The molecule has 0 spiro atoms. The first kappa shape index (κ1) is 16.1. The van der Waals surface area contributed by atoms with Crippen LogP contribution in [-0.4, -0.2) is 33.9 Å². The van der Waals surface area contributed by atoms with Crippen LogP contribution in [-0.2, 0) is 15.8 Å². The first-order valence-electron chi connectivity index (χ1n) is 6.70. The number of sulfonamides is 1. The van der Waals surface area contributed by atoms with Crippen LogP contribution in [0.1, 0.15) is 17.5 Å². The number of quaternary nitrogens is 1. The number of nitrogens with two attached hydrogens (primary N) is 2. The van der Waals surface area contributed by atoms with Crippen molar-refractivity contribution in [3.63, 3.8) is 0 Å². The van der Waals surface area contributed by atoms with Crippen molar-refractivity contribution in [1.82, 2.24) is 0 Å². The molecule has 6 nitrogen and oxygen atoms in total. The molecule has 1 fully saturated rings. The number of ether oxygens (including phenoxy) is 1. The van der Waals surface area contributed by atoms with Gasteiger partial charge in [0, 0.05) is 12.3 Å². The summed E-state index contributed by atoms with van der Waals surface area (Å²) in [6.07, 6.45) is 1.15. The lowest BCUT2D eigenvalue weighted by Gasteiger charge is -2.18. The fourth-order valence-electron chi connectivity index (χ4n) is 2.72. The van der Waals surface area contributed by atoms with Crippen molar-refractivity contribution in [3.05, 3.63) is 29.3 Å². The molecule has 0 aromatic heterocycles. The van der Waals surface area contributed by atoms with E-state index in [-0.39, 0.29) is 24.0 Å². The molecule has 21 heavy (non-hydrogen) atoms. The van der Waals surface area contributed by atoms with E-state index in [0.29, 0.717) is 29.4 Å². The van der Waals surface area contributed by atoms with Crippen LogP contribution >= 0.6 is 0 Å². The van der Waals surface area contributed by atoms with E-state index in [4.69, 9.17) is 10.5 Å². The maximum absolute atomic E-state index is 11.6. The summed E-state index contributed by atoms with van der Waals surface area (Å²) in [5.41, 5.74) is 7.08. The average molecular weight is 332 g/mol. The van der Waals surface area contributed by atoms with Gasteiger partial charge in [0.2, 0.25) is 0 Å². The molecule has 1 atom stereocenters. The Morgan fingerprint density at radius 1 is 1.43 bits per heavy atom. The summed E-state index contributed by atoms with van der Waals surface area (Å²) in [6.45, 7) is 2.85. The number of rotatable bonds is 3. The summed E-state index contributed by atoms with van der Waals surface area (Å²) >= 11 is 0. The Kier molecular flexibility index (Phi) is 4.75. The van der Waals surface area contributed by atoms with E-state index in [9.17, 15) is 8.42 Å². The molecule has 1 aromatic carbocycles. The summed E-state index contributed by atoms with van der Waals surface area (Å²) in [7, 11) is -3.49. The third kappa shape index (κ3) is 3.48. The molecule has 8 heteroatoms. The Morgan fingerprint density at radius 3 is 2.95 bits per heavy atom. The topological polar surface area (TPSA) is 98.4 Å². The number of amidine groups is 1. The molecule has 116 valence electrons. The zero-order chi connectivity index (χ0) is 14.2. The molecule has 2 heterocycles. The Bertz CT molecular complexity index is 655. The minimum atomic E-state index is -3.49. The number of fused-ring (bicyclic) bond motifs is 1. The van der Waals surface area contributed by atoms with Gasteiger partial charge < -0.3 is 28.2 Å². The Labute approximate surface area is 130 Å². The predicted molar refractivity (Wildman–Crippen MR) is 75.1 cm³/mol. The van der Waals surface area contributed by atoms with Gasteiger partial charge in [-0.3, -0.25) is 0 Å². The second-order valence-electron chi connectivity index (χ2n) is 5.27. The summed E-state index contributed by atoms with van der Waals surface area (Å²) in [5, 5.41) is 2.27. The Hall–Kier alpha value is -1.31. The summed E-state index contributed by atoms with van der Waals surface area (Å²) in [6, 6.07) is 5.37. The van der Waals surface area contributed by atoms with Crippen LogP contribution in [0, 0.1) is 5.92 Å². The number of hydrogen-bond acceptors (Lipinski definition) is 4. The normalized spacial score (nSPS) is 22.9. The predicted octanol–water partition coefficient (Wildman–Crippen LogP) is -3.80. The molecule has 3 rings (SSSR count). The summed E-state index contributed by atoms with van der Waals surface area (Å²) in [5.74, 6) is 1.08. The second kappa shape index (κ2) is 6.21. The molecular formula is C13H18ClN3O3S. The molecule has 1 saturated heterocycles. The minimum absolute atomic E-state index is 0. The monoisotopic (exact) mass is 331 g/mol. The van der Waals surface area contributed by atoms with Crippen molar-refractivity contribution >= 4 is 15.9 Å². The van der Waals surface area contributed by atoms with Crippen LogP contribution in [0.15, 0.2) is 22.6 Å². The molecular weight excluding hydrogens is 314 g/mol. The number of hydrogen-bond donors (Lipinski definition) is 2. The molecule has 0 amide bonds. The van der Waals surface area contributed by atoms with Gasteiger partial charge in [0.15, 0.2) is 0 Å². The highest BCUT2D eigenvalue weighted by Crippen LogP contribution is 2.28. The minimum Gasteiger partial charge on any atom is -1.00 e. The van der Waals surface area contributed by atoms with Crippen LogP contribution in [0.25, 0.3) is 0 Å². The lowest BCUT2D eigenvalue weighted by Crippen LogP contribution is -3.00. The zero-order valence-electron chi connectivity index (χ0n) is 11.5. The maximum Gasteiger partial charge on any atom is 0.259 e. The molecule has 2 aliphatic heterocycles. The van der Waals surface area contributed by atoms with Crippen molar-refractivity contribution < 1.29 is 30.9 Å². The van der Waals surface area contributed by atoms with Gasteiger partial charge in [0.25, 0.3) is 10.0 Å². The van der Waals surface area contributed by atoms with Gasteiger partial charge in [0.1, 0.15) is 11.6 Å². The fraction of sp³-hybridized carbons (Fsp3) is 0.462. The van der Waals surface area contributed by atoms with E-state index in [1.807, 2.05) is 6.07 Å². The second-order valence-corrected chi connectivity index (χ2v) is 6.91. The van der Waals surface area contributed by atoms with Crippen molar-refractivity contribution in [3.8, 4) is 5.75 Å². The standard InChI is InChI=1S/C13H17N3O3S.ClH/c14-13-12-10(8-20(17,18)16-13)2-1-3-11(12)19-7-9-4-5-15-6-9;/h1-3,9,15H,4-8H2,(H2,14,16);1H. The van der Waals surface area contributed by atoms with Crippen molar-refractivity contribution in [2.45, 2.75) is 12.2 Å². The van der Waals surface area contributed by atoms with Gasteiger partial charge in [-0.15, -0.1) is 4.40 Å². The van der Waals surface area contributed by atoms with Crippen molar-refractivity contribution in [2.75, 3.05) is 19.7 Å². The maximum atomic E-state index is 11.6. The van der Waals surface area contributed by atoms with Crippen LogP contribution in [0.2, 0.25) is 0 Å². The quantitative estimate of drug-likeness (QED) is 0.593. The third-order valence-corrected chi connectivity index (χ3v) is 4.85. The zero-order valence-corrected chi connectivity index (χ0v) is 13.0. The summed E-state index contributed by atoms with van der Waals surface area (Å²) in [4.78, 5) is 0. The summed E-state index contributed by atoms with van der Waals surface area (Å²) < 4.78 is 32.6. The van der Waals surface area contributed by atoms with Gasteiger partial charge in [-0.1, -0.05) is 12.1 Å². The van der Waals surface area contributed by atoms with E-state index in [2.05, 4.69) is 9.71 Å². The molecule has 0 radical (unpaired) electrons. The first-order valence-corrected chi connectivity index (χ1v) is 8.31. The molecule has 1 unspecified atom stereocenters. The highest BCUT2D eigenvalue weighted by molar-refractivity contribution is 7.89. The van der Waals surface area contributed by atoms with Crippen LogP contribution in [0.5, 0.6) is 5.75 Å². The van der Waals surface area contributed by atoms with E-state index >= 15 is 0 Å². The first-order chi connectivity index (χ1) is 9.55. The smallest absolute Gasteiger partial charge is 0.259 e. The molecule has 2 aliphatic rings. The van der Waals surface area contributed by atoms with Crippen LogP contribution < -0.4 is 28.2 Å². The fourth-order valence-corrected chi connectivity index (χ4v) is 3.81. The molecule has 0 saturated carbocycles. The Balaban J connectivity index is 0.00000161. The van der Waals surface area contributed by atoms with Gasteiger partial charge in [-0.25, -0.2) is 8.42 Å². The number of nitrogens with zero attached hydrogens (tertiary/aromatic N) is 1. The highest BCUT2D eigenvalue weighted by atomic mass is 35.5. The van der Waals surface area contributed by atoms with E-state index in [0.717, 1.165) is 19.5 Å². The lowest BCUT2D eigenvalue weighted by atomic mass is 10.1. The SMILES string of the molecule is NC1=NS(=O)(=O)Cc2cccc(OCC3CC[NH2+]C3)c21.[Cl-]. The van der Waals surface area contributed by atoms with E-state index in [1.54, 1.807) is 12.1 Å². The van der Waals surface area contributed by atoms with Crippen molar-refractivity contribution in [2.24, 2.45) is 16.0 Å².